The van der Waals surface area contributed by atoms with Crippen molar-refractivity contribution in [1.29, 1.82) is 0 Å². The molecule has 2 aliphatic rings. The minimum atomic E-state index is -0.268. The molecule has 1 aliphatic heterocycles. The molecule has 0 aromatic carbocycles. The molecule has 8 nitrogen and oxygen atoms in total. The lowest BCUT2D eigenvalue weighted by molar-refractivity contribution is -0.138. The first kappa shape index (κ1) is 22.2. The van der Waals surface area contributed by atoms with Gasteiger partial charge in [0.05, 0.1) is 25.5 Å². The molecule has 1 aliphatic carbocycles. The molecule has 2 aromatic heterocycles. The third-order valence-electron chi connectivity index (χ3n) is 6.01. The van der Waals surface area contributed by atoms with Crippen LogP contribution in [0, 0.1) is 0 Å². The molecule has 32 heavy (non-hydrogen) atoms. The molecule has 2 amide bonds. The van der Waals surface area contributed by atoms with Crippen molar-refractivity contribution < 1.29 is 14.3 Å². The van der Waals surface area contributed by atoms with Gasteiger partial charge in [-0.1, -0.05) is 11.6 Å². The van der Waals surface area contributed by atoms with E-state index in [0.29, 0.717) is 32.7 Å². The van der Waals surface area contributed by atoms with Crippen molar-refractivity contribution in [3.63, 3.8) is 0 Å². The van der Waals surface area contributed by atoms with Crippen molar-refractivity contribution >= 4 is 11.8 Å². The van der Waals surface area contributed by atoms with Gasteiger partial charge in [-0.05, 0) is 43.4 Å². The summed E-state index contributed by atoms with van der Waals surface area (Å²) in [5.74, 6) is -0.0536. The summed E-state index contributed by atoms with van der Waals surface area (Å²) in [5.41, 5.74) is 3.17. The molecule has 3 heterocycles. The Morgan fingerprint density at radius 3 is 2.75 bits per heavy atom. The molecule has 8 heteroatoms. The lowest BCUT2D eigenvalue weighted by Crippen LogP contribution is -2.39. The first-order valence-electron chi connectivity index (χ1n) is 11.3. The highest BCUT2D eigenvalue weighted by Gasteiger charge is 2.31. The summed E-state index contributed by atoms with van der Waals surface area (Å²) in [5, 5.41) is 4.20. The Morgan fingerprint density at radius 2 is 2.03 bits per heavy atom. The van der Waals surface area contributed by atoms with Crippen molar-refractivity contribution in [3.8, 4) is 0 Å². The summed E-state index contributed by atoms with van der Waals surface area (Å²) in [7, 11) is 1.86. The number of ether oxygens (including phenoxy) is 1. The van der Waals surface area contributed by atoms with Gasteiger partial charge in [0.25, 0.3) is 0 Å². The van der Waals surface area contributed by atoms with E-state index < -0.39 is 0 Å². The number of hydrogen-bond donors (Lipinski definition) is 0. The van der Waals surface area contributed by atoms with Gasteiger partial charge in [0, 0.05) is 57.3 Å². The van der Waals surface area contributed by atoms with E-state index in [1.165, 1.54) is 12.0 Å². The Bertz CT molecular complexity index is 956. The summed E-state index contributed by atoms with van der Waals surface area (Å²) in [6.07, 6.45) is 13.8. The highest BCUT2D eigenvalue weighted by atomic mass is 16.5. The maximum Gasteiger partial charge on any atom is 0.242 e. The van der Waals surface area contributed by atoms with E-state index in [1.54, 1.807) is 33.1 Å². The number of carbonyl (C=O) groups excluding carboxylic acids is 2. The fourth-order valence-electron chi connectivity index (χ4n) is 4.27. The molecule has 0 N–H and O–H groups in total. The van der Waals surface area contributed by atoms with Crippen LogP contribution in [-0.2, 0) is 34.5 Å². The molecular formula is C24H31N5O3. The lowest BCUT2D eigenvalue weighted by Gasteiger charge is -2.25. The second-order valence-corrected chi connectivity index (χ2v) is 8.64. The maximum absolute atomic E-state index is 13.1. The molecule has 1 atom stereocenters. The van der Waals surface area contributed by atoms with E-state index in [1.807, 2.05) is 25.4 Å². The minimum Gasteiger partial charge on any atom is -0.370 e. The number of carbonyl (C=O) groups is 2. The van der Waals surface area contributed by atoms with Crippen LogP contribution < -0.4 is 0 Å². The average molecular weight is 438 g/mol. The third kappa shape index (κ3) is 6.03. The molecule has 0 saturated carbocycles. The molecule has 0 radical (unpaired) electrons. The zero-order valence-electron chi connectivity index (χ0n) is 18.7. The zero-order chi connectivity index (χ0) is 22.3. The number of amides is 2. The highest BCUT2D eigenvalue weighted by molar-refractivity contribution is 5.86. The third-order valence-corrected chi connectivity index (χ3v) is 6.01. The van der Waals surface area contributed by atoms with E-state index in [4.69, 9.17) is 4.74 Å². The Balaban J connectivity index is 1.46. The van der Waals surface area contributed by atoms with Crippen molar-refractivity contribution in [2.45, 2.75) is 51.4 Å². The van der Waals surface area contributed by atoms with Gasteiger partial charge in [0.2, 0.25) is 11.8 Å². The number of aromatic nitrogens is 3. The van der Waals surface area contributed by atoms with Crippen molar-refractivity contribution in [1.82, 2.24) is 24.6 Å². The Kier molecular flexibility index (Phi) is 7.32. The number of allylic oxidation sites excluding steroid dienone is 1. The number of rotatable bonds is 7. The molecule has 170 valence electrons. The van der Waals surface area contributed by atoms with E-state index in [0.717, 1.165) is 30.4 Å². The van der Waals surface area contributed by atoms with Crippen LogP contribution in [0.25, 0.3) is 0 Å². The minimum absolute atomic E-state index is 0.00670. The zero-order valence-corrected chi connectivity index (χ0v) is 18.7. The Morgan fingerprint density at radius 1 is 1.19 bits per heavy atom. The van der Waals surface area contributed by atoms with Crippen LogP contribution in [0.2, 0.25) is 0 Å². The van der Waals surface area contributed by atoms with Gasteiger partial charge in [-0.3, -0.25) is 19.3 Å². The van der Waals surface area contributed by atoms with Crippen molar-refractivity contribution in [2.75, 3.05) is 19.6 Å². The standard InChI is InChI=1S/C24H31N5O3/c1-27-13-21(12-26-27)14-28-15-22(32-18-20-7-9-25-10-8-20)16-29(17-24(28)31)23(30)11-19-5-3-2-4-6-19/h5,7-10,12-13,22H,2-4,6,11,14-18H2,1H3/t22-/m1/s1. The summed E-state index contributed by atoms with van der Waals surface area (Å²) < 4.78 is 7.91. The Hall–Kier alpha value is -3.00. The second-order valence-electron chi connectivity index (χ2n) is 8.64. The molecule has 1 saturated heterocycles. The smallest absolute Gasteiger partial charge is 0.242 e. The highest BCUT2D eigenvalue weighted by Crippen LogP contribution is 2.22. The van der Waals surface area contributed by atoms with Gasteiger partial charge in [0.15, 0.2) is 0 Å². The number of hydrogen-bond acceptors (Lipinski definition) is 5. The van der Waals surface area contributed by atoms with Gasteiger partial charge in [0.1, 0.15) is 0 Å². The number of aryl methyl sites for hydroxylation is 1. The van der Waals surface area contributed by atoms with Crippen LogP contribution in [0.3, 0.4) is 0 Å². The van der Waals surface area contributed by atoms with Crippen molar-refractivity contribution in [3.05, 3.63) is 59.7 Å². The normalized spacial score (nSPS) is 19.6. The van der Waals surface area contributed by atoms with Gasteiger partial charge in [-0.2, -0.15) is 5.10 Å². The van der Waals surface area contributed by atoms with Gasteiger partial charge in [-0.25, -0.2) is 0 Å². The van der Waals surface area contributed by atoms with Crippen LogP contribution in [-0.4, -0.2) is 62.1 Å². The quantitative estimate of drug-likeness (QED) is 0.622. The van der Waals surface area contributed by atoms with Crippen molar-refractivity contribution in [2.24, 2.45) is 7.05 Å². The van der Waals surface area contributed by atoms with Crippen LogP contribution in [0.15, 0.2) is 48.6 Å². The molecule has 2 aromatic rings. The first-order chi connectivity index (χ1) is 15.6. The molecular weight excluding hydrogens is 406 g/mol. The van der Waals surface area contributed by atoms with Crippen LogP contribution >= 0.6 is 0 Å². The molecule has 4 rings (SSSR count). The monoisotopic (exact) mass is 437 g/mol. The summed E-state index contributed by atoms with van der Waals surface area (Å²) in [4.78, 5) is 33.7. The fourth-order valence-corrected chi connectivity index (χ4v) is 4.27. The topological polar surface area (TPSA) is 80.6 Å². The SMILES string of the molecule is Cn1cc(CN2C[C@@H](OCc3ccncc3)CN(C(=O)CC3=CCCCC3)CC2=O)cn1. The summed E-state index contributed by atoms with van der Waals surface area (Å²) in [6, 6.07) is 3.82. The summed E-state index contributed by atoms with van der Waals surface area (Å²) >= 11 is 0. The summed E-state index contributed by atoms with van der Waals surface area (Å²) in [6.45, 7) is 1.80. The van der Waals surface area contributed by atoms with E-state index in [9.17, 15) is 9.59 Å². The maximum atomic E-state index is 13.1. The van der Waals surface area contributed by atoms with E-state index in [-0.39, 0.29) is 24.5 Å². The molecule has 0 bridgehead atoms. The van der Waals surface area contributed by atoms with Gasteiger partial charge < -0.3 is 14.5 Å². The van der Waals surface area contributed by atoms with Crippen LogP contribution in [0.5, 0.6) is 0 Å². The predicted molar refractivity (Wildman–Crippen MR) is 119 cm³/mol. The molecule has 0 unspecified atom stereocenters. The van der Waals surface area contributed by atoms with Gasteiger partial charge in [-0.15, -0.1) is 0 Å². The second kappa shape index (κ2) is 10.5. The molecule has 0 spiro atoms. The Labute approximate surface area is 188 Å². The number of nitrogens with zero attached hydrogens (tertiary/aromatic N) is 5. The predicted octanol–water partition coefficient (Wildman–Crippen LogP) is 2.46. The van der Waals surface area contributed by atoms with E-state index in [2.05, 4.69) is 16.2 Å². The lowest BCUT2D eigenvalue weighted by atomic mass is 9.97. The van der Waals surface area contributed by atoms with Crippen LogP contribution in [0.1, 0.15) is 43.2 Å². The van der Waals surface area contributed by atoms with Crippen LogP contribution in [0.4, 0.5) is 0 Å². The van der Waals surface area contributed by atoms with Gasteiger partial charge >= 0.3 is 0 Å². The fraction of sp³-hybridized carbons (Fsp3) is 0.500. The number of pyridine rings is 1. The largest absolute Gasteiger partial charge is 0.370 e. The molecule has 1 fully saturated rings. The van der Waals surface area contributed by atoms with E-state index >= 15 is 0 Å². The average Bonchev–Trinajstić information content (AvgIpc) is 3.14. The first-order valence-corrected chi connectivity index (χ1v) is 11.3.